The Balaban J connectivity index is 1.25. The average Bonchev–Trinajstić information content (AvgIpc) is 3.22. The van der Waals surface area contributed by atoms with E-state index in [0.29, 0.717) is 16.2 Å². The molecule has 0 amide bonds. The molecule has 4 rings (SSSR count). The van der Waals surface area contributed by atoms with Crippen molar-refractivity contribution in [3.63, 3.8) is 0 Å². The molecule has 0 heterocycles. The van der Waals surface area contributed by atoms with Crippen LogP contribution in [0.2, 0.25) is 0 Å². The molecule has 4 aliphatic rings. The highest BCUT2D eigenvalue weighted by atomic mass is 35.5. The van der Waals surface area contributed by atoms with Gasteiger partial charge in [-0.15, -0.1) is 11.6 Å². The van der Waals surface area contributed by atoms with Crippen LogP contribution in [0.15, 0.2) is 0 Å². The Morgan fingerprint density at radius 3 is 2.12 bits per heavy atom. The number of fused-ring (bicyclic) bond motifs is 4. The second-order valence-corrected chi connectivity index (χ2v) is 11.5. The van der Waals surface area contributed by atoms with Crippen LogP contribution in [0.25, 0.3) is 0 Å². The summed E-state index contributed by atoms with van der Waals surface area (Å²) >= 11 is 6.95. The van der Waals surface area contributed by atoms with Crippen molar-refractivity contribution < 1.29 is 0 Å². The monoisotopic (exact) mass is 349 g/mol. The number of rotatable bonds is 6. The molecule has 0 aromatic rings. The second kappa shape index (κ2) is 6.17. The predicted molar refractivity (Wildman–Crippen MR) is 104 cm³/mol. The summed E-state index contributed by atoms with van der Waals surface area (Å²) in [6, 6.07) is 0. The summed E-state index contributed by atoms with van der Waals surface area (Å²) in [5, 5.41) is 0.378. The molecule has 0 aliphatic heterocycles. The maximum absolute atomic E-state index is 6.95. The van der Waals surface area contributed by atoms with E-state index in [0.717, 1.165) is 41.9 Å². The summed E-state index contributed by atoms with van der Waals surface area (Å²) in [5.41, 5.74) is 1.08. The lowest BCUT2D eigenvalue weighted by Gasteiger charge is -2.41. The third kappa shape index (κ3) is 2.69. The molecule has 0 spiro atoms. The van der Waals surface area contributed by atoms with Gasteiger partial charge in [-0.1, -0.05) is 27.7 Å². The Bertz CT molecular complexity index is 465. The van der Waals surface area contributed by atoms with Gasteiger partial charge in [0.05, 0.1) is 0 Å². The van der Waals surface area contributed by atoms with Crippen LogP contribution in [0, 0.1) is 52.8 Å². The highest BCUT2D eigenvalue weighted by molar-refractivity contribution is 6.21. The van der Waals surface area contributed by atoms with Crippen LogP contribution in [0.4, 0.5) is 0 Å². The number of alkyl halides is 1. The third-order valence-electron chi connectivity index (χ3n) is 9.41. The van der Waals surface area contributed by atoms with E-state index in [-0.39, 0.29) is 0 Å². The minimum atomic E-state index is 0.378. The molecule has 24 heavy (non-hydrogen) atoms. The molecule has 0 N–H and O–H groups in total. The number of hydrogen-bond donors (Lipinski definition) is 0. The topological polar surface area (TPSA) is 0 Å². The minimum absolute atomic E-state index is 0.378. The fourth-order valence-electron chi connectivity index (χ4n) is 7.96. The Morgan fingerprint density at radius 1 is 0.917 bits per heavy atom. The first-order valence-corrected chi connectivity index (χ1v) is 11.2. The van der Waals surface area contributed by atoms with E-state index in [9.17, 15) is 0 Å². The summed E-state index contributed by atoms with van der Waals surface area (Å²) < 4.78 is 0. The standard InChI is InChI=1S/C23H38Cl/c1-22(2)17-11-9-15(13-17)19(22)7-5-6-8-20(24)21-16-10-12-18(14-16)23(21,3)4/h6,15-21H,5,7-14H2,1-4H3. The van der Waals surface area contributed by atoms with Crippen LogP contribution in [-0.2, 0) is 0 Å². The molecule has 4 fully saturated rings. The largest absolute Gasteiger partial charge is 0.123 e. The van der Waals surface area contributed by atoms with Gasteiger partial charge in [-0.3, -0.25) is 0 Å². The van der Waals surface area contributed by atoms with Gasteiger partial charge in [-0.25, -0.2) is 0 Å². The van der Waals surface area contributed by atoms with Crippen LogP contribution in [-0.4, -0.2) is 5.38 Å². The van der Waals surface area contributed by atoms with Crippen molar-refractivity contribution in [2.75, 3.05) is 0 Å². The molecule has 0 saturated heterocycles. The summed E-state index contributed by atoms with van der Waals surface area (Å²) in [5.74, 6) is 5.65. The fourth-order valence-corrected chi connectivity index (χ4v) is 8.61. The Labute approximate surface area is 155 Å². The van der Waals surface area contributed by atoms with Crippen molar-refractivity contribution in [3.8, 4) is 0 Å². The lowest BCUT2D eigenvalue weighted by molar-refractivity contribution is 0.111. The molecule has 1 heteroatoms. The highest BCUT2D eigenvalue weighted by Crippen LogP contribution is 2.62. The fraction of sp³-hybridized carbons (Fsp3) is 0.957. The highest BCUT2D eigenvalue weighted by Gasteiger charge is 2.55. The van der Waals surface area contributed by atoms with Crippen LogP contribution >= 0.6 is 11.6 Å². The summed E-state index contributed by atoms with van der Waals surface area (Å²) in [6.07, 6.45) is 15.3. The average molecular weight is 350 g/mol. The Kier molecular flexibility index (Phi) is 4.55. The zero-order valence-electron chi connectivity index (χ0n) is 16.4. The van der Waals surface area contributed by atoms with Crippen molar-refractivity contribution in [2.45, 2.75) is 90.9 Å². The van der Waals surface area contributed by atoms with Gasteiger partial charge in [-0.2, -0.15) is 0 Å². The lowest BCUT2D eigenvalue weighted by Crippen LogP contribution is -2.36. The Hall–Kier alpha value is 0.290. The zero-order chi connectivity index (χ0) is 17.1. The maximum Gasteiger partial charge on any atom is 0.0374 e. The molecule has 4 aliphatic carbocycles. The summed E-state index contributed by atoms with van der Waals surface area (Å²) in [7, 11) is 0. The minimum Gasteiger partial charge on any atom is -0.123 e. The van der Waals surface area contributed by atoms with Crippen LogP contribution in [0.3, 0.4) is 0 Å². The van der Waals surface area contributed by atoms with Gasteiger partial charge < -0.3 is 0 Å². The van der Waals surface area contributed by atoms with Crippen LogP contribution in [0.1, 0.15) is 85.5 Å². The zero-order valence-corrected chi connectivity index (χ0v) is 17.1. The molecule has 0 aromatic heterocycles. The van der Waals surface area contributed by atoms with Crippen molar-refractivity contribution in [1.82, 2.24) is 0 Å². The van der Waals surface area contributed by atoms with Gasteiger partial charge in [0.15, 0.2) is 0 Å². The molecular weight excluding hydrogens is 312 g/mol. The first-order chi connectivity index (χ1) is 11.3. The number of halogens is 1. The first-order valence-electron chi connectivity index (χ1n) is 10.8. The molecule has 137 valence electrons. The van der Waals surface area contributed by atoms with Gasteiger partial charge in [-0.05, 0) is 111 Å². The van der Waals surface area contributed by atoms with E-state index >= 15 is 0 Å². The normalized spacial score (nSPS) is 45.9. The van der Waals surface area contributed by atoms with Crippen LogP contribution < -0.4 is 0 Å². The summed E-state index contributed by atoms with van der Waals surface area (Å²) in [6.45, 7) is 10.1. The lowest BCUT2D eigenvalue weighted by atomic mass is 9.66. The molecule has 1 radical (unpaired) electrons. The molecule has 4 saturated carbocycles. The number of unbranched alkanes of at least 4 members (excludes halogenated alkanes) is 1. The Morgan fingerprint density at radius 2 is 1.54 bits per heavy atom. The molecule has 7 unspecified atom stereocenters. The van der Waals surface area contributed by atoms with Gasteiger partial charge in [0.25, 0.3) is 0 Å². The smallest absolute Gasteiger partial charge is 0.0374 e. The SMILES string of the molecule is CC1(C)C2CCC(C2)C1CC[CH]CC(Cl)C1C2CCC(C2)C1(C)C. The molecular formula is C23H38Cl. The number of hydrogen-bond acceptors (Lipinski definition) is 0. The van der Waals surface area contributed by atoms with E-state index in [4.69, 9.17) is 11.6 Å². The molecule has 0 aromatic carbocycles. The maximum atomic E-state index is 6.95. The van der Waals surface area contributed by atoms with Gasteiger partial charge in [0, 0.05) is 5.38 Å². The van der Waals surface area contributed by atoms with Crippen molar-refractivity contribution >= 4 is 11.6 Å². The van der Waals surface area contributed by atoms with E-state index in [1.54, 1.807) is 0 Å². The quantitative estimate of drug-likeness (QED) is 0.354. The van der Waals surface area contributed by atoms with Gasteiger partial charge in [0.1, 0.15) is 0 Å². The second-order valence-electron chi connectivity index (χ2n) is 10.9. The predicted octanol–water partition coefficient (Wildman–Crippen LogP) is 7.11. The molecule has 0 nitrogen and oxygen atoms in total. The van der Waals surface area contributed by atoms with E-state index < -0.39 is 0 Å². The van der Waals surface area contributed by atoms with E-state index in [1.807, 2.05) is 0 Å². The molecule has 4 bridgehead atoms. The third-order valence-corrected chi connectivity index (χ3v) is 9.86. The molecule has 7 atom stereocenters. The van der Waals surface area contributed by atoms with Gasteiger partial charge >= 0.3 is 0 Å². The van der Waals surface area contributed by atoms with Gasteiger partial charge in [0.2, 0.25) is 0 Å². The first kappa shape index (κ1) is 17.7. The van der Waals surface area contributed by atoms with Crippen LogP contribution in [0.5, 0.6) is 0 Å². The summed E-state index contributed by atoms with van der Waals surface area (Å²) in [4.78, 5) is 0. The van der Waals surface area contributed by atoms with E-state index in [1.165, 1.54) is 51.4 Å². The van der Waals surface area contributed by atoms with Crippen molar-refractivity contribution in [3.05, 3.63) is 6.42 Å². The van der Waals surface area contributed by atoms with Crippen molar-refractivity contribution in [1.29, 1.82) is 0 Å². The van der Waals surface area contributed by atoms with Crippen molar-refractivity contribution in [2.24, 2.45) is 46.3 Å². The van der Waals surface area contributed by atoms with E-state index in [2.05, 4.69) is 34.1 Å².